The molecule has 0 spiro atoms. The Morgan fingerprint density at radius 2 is 1.97 bits per heavy atom. The SMILES string of the molecule is COc1cccc(NC(=O)c2nnc(CCC(=O)Nc3ccc(C)cc3Cl)s2)c1. The van der Waals surface area contributed by atoms with E-state index in [1.807, 2.05) is 13.0 Å². The van der Waals surface area contributed by atoms with E-state index in [1.165, 1.54) is 0 Å². The number of ether oxygens (including phenoxy) is 1. The van der Waals surface area contributed by atoms with Crippen LogP contribution in [0.4, 0.5) is 11.4 Å². The highest BCUT2D eigenvalue weighted by molar-refractivity contribution is 7.13. The largest absolute Gasteiger partial charge is 0.497 e. The van der Waals surface area contributed by atoms with Gasteiger partial charge in [0.05, 0.1) is 17.8 Å². The van der Waals surface area contributed by atoms with Gasteiger partial charge in [-0.1, -0.05) is 35.1 Å². The second-order valence-electron chi connectivity index (χ2n) is 6.22. The van der Waals surface area contributed by atoms with E-state index in [4.69, 9.17) is 16.3 Å². The van der Waals surface area contributed by atoms with Crippen LogP contribution < -0.4 is 15.4 Å². The summed E-state index contributed by atoms with van der Waals surface area (Å²) < 4.78 is 5.13. The zero-order valence-corrected chi connectivity index (χ0v) is 17.4. The van der Waals surface area contributed by atoms with Crippen molar-refractivity contribution < 1.29 is 14.3 Å². The van der Waals surface area contributed by atoms with Crippen LogP contribution in [-0.4, -0.2) is 29.1 Å². The van der Waals surface area contributed by atoms with E-state index in [9.17, 15) is 9.59 Å². The van der Waals surface area contributed by atoms with Crippen LogP contribution in [-0.2, 0) is 11.2 Å². The van der Waals surface area contributed by atoms with Crippen LogP contribution >= 0.6 is 22.9 Å². The number of anilines is 2. The van der Waals surface area contributed by atoms with Crippen molar-refractivity contribution in [3.63, 3.8) is 0 Å². The number of hydrogen-bond donors (Lipinski definition) is 2. The first-order valence-electron chi connectivity index (χ1n) is 8.78. The number of aromatic nitrogens is 2. The normalized spacial score (nSPS) is 10.4. The van der Waals surface area contributed by atoms with Gasteiger partial charge < -0.3 is 15.4 Å². The highest BCUT2D eigenvalue weighted by Crippen LogP contribution is 2.23. The number of nitrogens with one attached hydrogen (secondary N) is 2. The van der Waals surface area contributed by atoms with Gasteiger partial charge in [0.25, 0.3) is 5.91 Å². The maximum atomic E-state index is 12.3. The van der Waals surface area contributed by atoms with Crippen LogP contribution in [0.5, 0.6) is 5.75 Å². The Bertz CT molecular complexity index is 1040. The number of aryl methyl sites for hydroxylation is 2. The molecular formula is C20H19ClN4O3S. The summed E-state index contributed by atoms with van der Waals surface area (Å²) in [6.45, 7) is 1.93. The lowest BCUT2D eigenvalue weighted by Gasteiger charge is -2.07. The Hall–Kier alpha value is -2.97. The van der Waals surface area contributed by atoms with E-state index in [0.29, 0.717) is 33.6 Å². The summed E-state index contributed by atoms with van der Waals surface area (Å²) in [6.07, 6.45) is 0.579. The summed E-state index contributed by atoms with van der Waals surface area (Å²) >= 11 is 7.28. The first-order chi connectivity index (χ1) is 13.9. The highest BCUT2D eigenvalue weighted by atomic mass is 35.5. The molecule has 1 heterocycles. The zero-order valence-electron chi connectivity index (χ0n) is 15.9. The van der Waals surface area contributed by atoms with Gasteiger partial charge in [-0.15, -0.1) is 10.2 Å². The summed E-state index contributed by atoms with van der Waals surface area (Å²) in [4.78, 5) is 24.5. The molecule has 9 heteroatoms. The van der Waals surface area contributed by atoms with E-state index >= 15 is 0 Å². The molecule has 0 fully saturated rings. The molecule has 0 saturated heterocycles. The number of halogens is 1. The molecule has 0 unspecified atom stereocenters. The maximum absolute atomic E-state index is 12.3. The highest BCUT2D eigenvalue weighted by Gasteiger charge is 2.15. The molecule has 0 aliphatic rings. The molecule has 0 aliphatic heterocycles. The Morgan fingerprint density at radius 1 is 1.14 bits per heavy atom. The Kier molecular flexibility index (Phi) is 6.79. The van der Waals surface area contributed by atoms with Gasteiger partial charge in [0.15, 0.2) is 0 Å². The Balaban J connectivity index is 1.54. The Labute approximate surface area is 177 Å². The number of methoxy groups -OCH3 is 1. The van der Waals surface area contributed by atoms with Gasteiger partial charge in [-0.2, -0.15) is 0 Å². The summed E-state index contributed by atoms with van der Waals surface area (Å²) in [5.41, 5.74) is 2.18. The molecular weight excluding hydrogens is 412 g/mol. The first-order valence-corrected chi connectivity index (χ1v) is 9.98. The minimum absolute atomic E-state index is 0.187. The van der Waals surface area contributed by atoms with E-state index in [1.54, 1.807) is 43.5 Å². The molecule has 0 bridgehead atoms. The number of amides is 2. The molecule has 3 rings (SSSR count). The lowest BCUT2D eigenvalue weighted by atomic mass is 10.2. The van der Waals surface area contributed by atoms with Crippen molar-refractivity contribution in [1.29, 1.82) is 0 Å². The van der Waals surface area contributed by atoms with Crippen LogP contribution in [0, 0.1) is 6.92 Å². The van der Waals surface area contributed by atoms with Crippen LogP contribution in [0.3, 0.4) is 0 Å². The molecule has 2 amide bonds. The van der Waals surface area contributed by atoms with Crippen molar-refractivity contribution >= 4 is 46.1 Å². The molecule has 7 nitrogen and oxygen atoms in total. The summed E-state index contributed by atoms with van der Waals surface area (Å²) in [5.74, 6) is 0.0895. The number of rotatable bonds is 7. The van der Waals surface area contributed by atoms with Gasteiger partial charge in [-0.25, -0.2) is 0 Å². The van der Waals surface area contributed by atoms with Gasteiger partial charge in [0, 0.05) is 24.6 Å². The van der Waals surface area contributed by atoms with E-state index in [0.717, 1.165) is 16.9 Å². The third-order valence-electron chi connectivity index (χ3n) is 3.95. The summed E-state index contributed by atoms with van der Waals surface area (Å²) in [6, 6.07) is 12.5. The molecule has 150 valence electrons. The van der Waals surface area contributed by atoms with Crippen LogP contribution in [0.15, 0.2) is 42.5 Å². The molecule has 29 heavy (non-hydrogen) atoms. The third kappa shape index (κ3) is 5.75. The van der Waals surface area contributed by atoms with Gasteiger partial charge >= 0.3 is 0 Å². The fourth-order valence-electron chi connectivity index (χ4n) is 2.49. The average Bonchev–Trinajstić information content (AvgIpc) is 3.18. The number of benzene rings is 2. The van der Waals surface area contributed by atoms with Gasteiger partial charge in [-0.3, -0.25) is 9.59 Å². The summed E-state index contributed by atoms with van der Waals surface area (Å²) in [5, 5.41) is 14.8. The smallest absolute Gasteiger partial charge is 0.286 e. The minimum Gasteiger partial charge on any atom is -0.497 e. The lowest BCUT2D eigenvalue weighted by molar-refractivity contribution is -0.116. The molecule has 3 aromatic rings. The summed E-state index contributed by atoms with van der Waals surface area (Å²) in [7, 11) is 1.56. The van der Waals surface area contributed by atoms with Crippen molar-refractivity contribution in [1.82, 2.24) is 10.2 Å². The lowest BCUT2D eigenvalue weighted by Crippen LogP contribution is -2.12. The van der Waals surface area contributed by atoms with Crippen molar-refractivity contribution in [2.45, 2.75) is 19.8 Å². The van der Waals surface area contributed by atoms with Crippen molar-refractivity contribution in [3.8, 4) is 5.75 Å². The quantitative estimate of drug-likeness (QED) is 0.581. The molecule has 2 N–H and O–H groups in total. The Morgan fingerprint density at radius 3 is 2.72 bits per heavy atom. The zero-order chi connectivity index (χ0) is 20.8. The van der Waals surface area contributed by atoms with Gasteiger partial charge in [0.1, 0.15) is 10.8 Å². The predicted octanol–water partition coefficient (Wildman–Crippen LogP) is 4.33. The van der Waals surface area contributed by atoms with Crippen LogP contribution in [0.1, 0.15) is 26.8 Å². The fraction of sp³-hybridized carbons (Fsp3) is 0.200. The second kappa shape index (κ2) is 9.49. The van der Waals surface area contributed by atoms with E-state index in [2.05, 4.69) is 20.8 Å². The first kappa shape index (κ1) is 20.8. The molecule has 2 aromatic carbocycles. The number of nitrogens with zero attached hydrogens (tertiary/aromatic N) is 2. The standard InChI is InChI=1S/C20H19ClN4O3S/c1-12-6-7-16(15(21)10-12)23-17(26)8-9-18-24-25-20(29-18)19(27)22-13-4-3-5-14(11-13)28-2/h3-7,10-11H,8-9H2,1-2H3,(H,22,27)(H,23,26). The molecule has 0 aliphatic carbocycles. The second-order valence-corrected chi connectivity index (χ2v) is 7.69. The van der Waals surface area contributed by atoms with Crippen molar-refractivity contribution in [2.75, 3.05) is 17.7 Å². The van der Waals surface area contributed by atoms with Crippen LogP contribution in [0.25, 0.3) is 0 Å². The van der Waals surface area contributed by atoms with Gasteiger partial charge in [-0.05, 0) is 36.8 Å². The third-order valence-corrected chi connectivity index (χ3v) is 5.25. The van der Waals surface area contributed by atoms with E-state index < -0.39 is 0 Å². The van der Waals surface area contributed by atoms with Crippen molar-refractivity contribution in [3.05, 3.63) is 63.1 Å². The monoisotopic (exact) mass is 430 g/mol. The topological polar surface area (TPSA) is 93.2 Å². The molecule has 0 atom stereocenters. The number of carbonyl (C=O) groups is 2. The fourth-order valence-corrected chi connectivity index (χ4v) is 3.50. The maximum Gasteiger partial charge on any atom is 0.286 e. The molecule has 0 saturated carbocycles. The number of carbonyl (C=O) groups excluding carboxylic acids is 2. The molecule has 0 radical (unpaired) electrons. The van der Waals surface area contributed by atoms with Crippen LogP contribution in [0.2, 0.25) is 5.02 Å². The van der Waals surface area contributed by atoms with E-state index in [-0.39, 0.29) is 23.2 Å². The average molecular weight is 431 g/mol. The minimum atomic E-state index is -0.363. The number of hydrogen-bond acceptors (Lipinski definition) is 6. The predicted molar refractivity (Wildman–Crippen MR) is 114 cm³/mol. The van der Waals surface area contributed by atoms with Crippen molar-refractivity contribution in [2.24, 2.45) is 0 Å². The van der Waals surface area contributed by atoms with Gasteiger partial charge in [0.2, 0.25) is 10.9 Å². The molecule has 1 aromatic heterocycles.